The fourth-order valence-electron chi connectivity index (χ4n) is 1.46. The van der Waals surface area contributed by atoms with E-state index in [1.165, 1.54) is 0 Å². The van der Waals surface area contributed by atoms with Crippen molar-refractivity contribution in [1.29, 1.82) is 5.41 Å². The minimum absolute atomic E-state index is 0.532. The van der Waals surface area contributed by atoms with Gasteiger partial charge in [-0.15, -0.1) is 0 Å². The van der Waals surface area contributed by atoms with Crippen molar-refractivity contribution in [3.05, 3.63) is 77.9 Å². The SMILES string of the molecule is N=C(/C=C\c1ccccc1)c1ccccc1. The molecule has 2 rings (SSSR count). The summed E-state index contributed by atoms with van der Waals surface area (Å²) in [6.07, 6.45) is 3.78. The number of nitrogens with one attached hydrogen (secondary N) is 1. The van der Waals surface area contributed by atoms with Crippen LogP contribution in [0, 0.1) is 5.41 Å². The maximum absolute atomic E-state index is 7.89. The van der Waals surface area contributed by atoms with Crippen LogP contribution in [0.4, 0.5) is 0 Å². The van der Waals surface area contributed by atoms with E-state index in [2.05, 4.69) is 0 Å². The van der Waals surface area contributed by atoms with E-state index < -0.39 is 0 Å². The molecule has 0 radical (unpaired) electrons. The van der Waals surface area contributed by atoms with Crippen molar-refractivity contribution in [3.8, 4) is 0 Å². The van der Waals surface area contributed by atoms with Crippen LogP contribution >= 0.6 is 0 Å². The van der Waals surface area contributed by atoms with E-state index in [9.17, 15) is 0 Å². The van der Waals surface area contributed by atoms with Crippen molar-refractivity contribution in [2.45, 2.75) is 0 Å². The maximum atomic E-state index is 7.89. The van der Waals surface area contributed by atoms with Gasteiger partial charge in [0.05, 0.1) is 5.71 Å². The van der Waals surface area contributed by atoms with E-state index in [1.54, 1.807) is 0 Å². The number of benzene rings is 2. The smallest absolute Gasteiger partial charge is 0.0612 e. The summed E-state index contributed by atoms with van der Waals surface area (Å²) in [5, 5.41) is 7.89. The summed E-state index contributed by atoms with van der Waals surface area (Å²) >= 11 is 0. The second kappa shape index (κ2) is 5.08. The molecule has 0 aliphatic heterocycles. The predicted octanol–water partition coefficient (Wildman–Crippen LogP) is 3.77. The second-order valence-electron chi connectivity index (χ2n) is 3.52. The van der Waals surface area contributed by atoms with Gasteiger partial charge in [-0.2, -0.15) is 0 Å². The molecule has 2 aromatic rings. The average Bonchev–Trinajstić information content (AvgIpc) is 2.38. The minimum atomic E-state index is 0.532. The molecule has 0 amide bonds. The van der Waals surface area contributed by atoms with Crippen LogP contribution in [0.15, 0.2) is 66.7 Å². The van der Waals surface area contributed by atoms with Crippen molar-refractivity contribution in [3.63, 3.8) is 0 Å². The summed E-state index contributed by atoms with van der Waals surface area (Å²) in [6.45, 7) is 0. The van der Waals surface area contributed by atoms with Gasteiger partial charge < -0.3 is 5.41 Å². The summed E-state index contributed by atoms with van der Waals surface area (Å²) in [4.78, 5) is 0. The minimum Gasteiger partial charge on any atom is -0.300 e. The largest absolute Gasteiger partial charge is 0.300 e. The molecule has 0 saturated heterocycles. The summed E-state index contributed by atoms with van der Waals surface area (Å²) in [6, 6.07) is 19.7. The lowest BCUT2D eigenvalue weighted by Crippen LogP contribution is -1.92. The Morgan fingerprint density at radius 2 is 1.38 bits per heavy atom. The molecule has 0 aliphatic rings. The highest BCUT2D eigenvalue weighted by Gasteiger charge is 1.94. The lowest BCUT2D eigenvalue weighted by Gasteiger charge is -1.97. The molecule has 0 spiro atoms. The van der Waals surface area contributed by atoms with Crippen LogP contribution in [0.5, 0.6) is 0 Å². The van der Waals surface area contributed by atoms with Crippen LogP contribution < -0.4 is 0 Å². The first-order valence-electron chi connectivity index (χ1n) is 5.23. The monoisotopic (exact) mass is 207 g/mol. The normalized spacial score (nSPS) is 10.5. The van der Waals surface area contributed by atoms with Gasteiger partial charge in [-0.3, -0.25) is 0 Å². The van der Waals surface area contributed by atoms with Gasteiger partial charge in [-0.25, -0.2) is 0 Å². The Labute approximate surface area is 95.6 Å². The van der Waals surface area contributed by atoms with E-state index >= 15 is 0 Å². The van der Waals surface area contributed by atoms with Crippen molar-refractivity contribution < 1.29 is 0 Å². The zero-order valence-electron chi connectivity index (χ0n) is 8.93. The molecule has 0 aliphatic carbocycles. The Morgan fingerprint density at radius 1 is 0.812 bits per heavy atom. The lowest BCUT2D eigenvalue weighted by molar-refractivity contribution is 1.49. The highest BCUT2D eigenvalue weighted by Crippen LogP contribution is 2.05. The quantitative estimate of drug-likeness (QED) is 0.741. The van der Waals surface area contributed by atoms with E-state index in [0.29, 0.717) is 5.71 Å². The first kappa shape index (κ1) is 10.4. The van der Waals surface area contributed by atoms with Crippen LogP contribution in [0.3, 0.4) is 0 Å². The van der Waals surface area contributed by atoms with Crippen molar-refractivity contribution >= 4 is 11.8 Å². The maximum Gasteiger partial charge on any atom is 0.0612 e. The third kappa shape index (κ3) is 2.67. The fourth-order valence-corrected chi connectivity index (χ4v) is 1.46. The third-order valence-electron chi connectivity index (χ3n) is 2.33. The van der Waals surface area contributed by atoms with E-state index in [1.807, 2.05) is 72.8 Å². The summed E-state index contributed by atoms with van der Waals surface area (Å²) in [5.74, 6) is 0. The van der Waals surface area contributed by atoms with Crippen LogP contribution in [0.2, 0.25) is 0 Å². The standard InChI is InChI=1S/C15H13N/c16-15(14-9-5-2-6-10-14)12-11-13-7-3-1-4-8-13/h1-12,16H/b12-11-,16-15?. The third-order valence-corrected chi connectivity index (χ3v) is 2.33. The number of hydrogen-bond donors (Lipinski definition) is 1. The molecule has 0 bridgehead atoms. The average molecular weight is 207 g/mol. The molecule has 2 aromatic carbocycles. The van der Waals surface area contributed by atoms with Crippen molar-refractivity contribution in [1.82, 2.24) is 0 Å². The van der Waals surface area contributed by atoms with Crippen LogP contribution in [-0.4, -0.2) is 5.71 Å². The van der Waals surface area contributed by atoms with Crippen molar-refractivity contribution in [2.75, 3.05) is 0 Å². The van der Waals surface area contributed by atoms with Gasteiger partial charge in [0.2, 0.25) is 0 Å². The van der Waals surface area contributed by atoms with Gasteiger partial charge in [0.25, 0.3) is 0 Å². The van der Waals surface area contributed by atoms with Crippen LogP contribution in [0.1, 0.15) is 11.1 Å². The van der Waals surface area contributed by atoms with Gasteiger partial charge >= 0.3 is 0 Å². The molecule has 0 unspecified atom stereocenters. The zero-order valence-corrected chi connectivity index (χ0v) is 8.93. The van der Waals surface area contributed by atoms with E-state index in [-0.39, 0.29) is 0 Å². The first-order valence-corrected chi connectivity index (χ1v) is 5.23. The van der Waals surface area contributed by atoms with Gasteiger partial charge in [-0.1, -0.05) is 66.7 Å². The molecule has 1 N–H and O–H groups in total. The number of hydrogen-bond acceptors (Lipinski definition) is 1. The lowest BCUT2D eigenvalue weighted by atomic mass is 10.1. The summed E-state index contributed by atoms with van der Waals surface area (Å²) in [7, 11) is 0. The highest BCUT2D eigenvalue weighted by atomic mass is 14.4. The molecule has 0 saturated carbocycles. The van der Waals surface area contributed by atoms with Crippen LogP contribution in [0.25, 0.3) is 6.08 Å². The Morgan fingerprint density at radius 3 is 2.00 bits per heavy atom. The molecular weight excluding hydrogens is 194 g/mol. The molecule has 1 heteroatoms. The molecular formula is C15H13N. The number of rotatable bonds is 3. The molecule has 0 fully saturated rings. The highest BCUT2D eigenvalue weighted by molar-refractivity contribution is 6.08. The molecule has 0 heterocycles. The van der Waals surface area contributed by atoms with Crippen molar-refractivity contribution in [2.24, 2.45) is 0 Å². The molecule has 0 atom stereocenters. The fraction of sp³-hybridized carbons (Fsp3) is 0. The van der Waals surface area contributed by atoms with Gasteiger partial charge in [0.1, 0.15) is 0 Å². The molecule has 78 valence electrons. The van der Waals surface area contributed by atoms with Gasteiger partial charge in [0, 0.05) is 0 Å². The summed E-state index contributed by atoms with van der Waals surface area (Å²) in [5.41, 5.74) is 2.59. The van der Waals surface area contributed by atoms with Gasteiger partial charge in [0.15, 0.2) is 0 Å². The molecule has 1 nitrogen and oxygen atoms in total. The van der Waals surface area contributed by atoms with E-state index in [4.69, 9.17) is 5.41 Å². The first-order chi connectivity index (χ1) is 7.86. The van der Waals surface area contributed by atoms with E-state index in [0.717, 1.165) is 11.1 Å². The molecule has 0 aromatic heterocycles. The Hall–Kier alpha value is -2.15. The number of allylic oxidation sites excluding steroid dienone is 1. The van der Waals surface area contributed by atoms with Crippen LogP contribution in [-0.2, 0) is 0 Å². The summed E-state index contributed by atoms with van der Waals surface area (Å²) < 4.78 is 0. The second-order valence-corrected chi connectivity index (χ2v) is 3.52. The Bertz CT molecular complexity index is 483. The van der Waals surface area contributed by atoms with Gasteiger partial charge in [-0.05, 0) is 17.2 Å². The topological polar surface area (TPSA) is 23.9 Å². The predicted molar refractivity (Wildman–Crippen MR) is 68.7 cm³/mol. The molecule has 16 heavy (non-hydrogen) atoms. The Balaban J connectivity index is 2.12. The Kier molecular flexibility index (Phi) is 3.29. The zero-order chi connectivity index (χ0) is 11.2.